The highest BCUT2D eigenvalue weighted by molar-refractivity contribution is 5.90. The van der Waals surface area contributed by atoms with Crippen molar-refractivity contribution in [3.8, 4) is 0 Å². The molecular formula is C20H27FN4O4. The van der Waals surface area contributed by atoms with E-state index in [1.165, 1.54) is 17.9 Å². The molecule has 0 saturated carbocycles. The number of morpholine rings is 1. The molecule has 3 saturated heterocycles. The topological polar surface area (TPSA) is 74.4 Å². The van der Waals surface area contributed by atoms with Crippen LogP contribution in [0, 0.1) is 5.82 Å². The van der Waals surface area contributed by atoms with Crippen LogP contribution in [0.2, 0.25) is 0 Å². The molecule has 0 radical (unpaired) electrons. The van der Waals surface area contributed by atoms with Crippen LogP contribution in [0.4, 0.5) is 20.6 Å². The van der Waals surface area contributed by atoms with E-state index in [1.54, 1.807) is 12.1 Å². The van der Waals surface area contributed by atoms with E-state index in [0.717, 1.165) is 19.5 Å². The fourth-order valence-corrected chi connectivity index (χ4v) is 4.36. The molecule has 1 aromatic carbocycles. The molecule has 2 atom stereocenters. The molecule has 1 aromatic rings. The summed E-state index contributed by atoms with van der Waals surface area (Å²) in [5.74, 6) is -0.560. The van der Waals surface area contributed by atoms with Crippen molar-refractivity contribution >= 4 is 23.4 Å². The number of cyclic esters (lactones) is 1. The third-order valence-electron chi connectivity index (χ3n) is 5.79. The molecule has 158 valence electrons. The number of nitrogens with zero attached hydrogens (tertiary/aromatic N) is 3. The average Bonchev–Trinajstić information content (AvgIpc) is 3.22. The van der Waals surface area contributed by atoms with E-state index in [9.17, 15) is 14.0 Å². The Morgan fingerprint density at radius 1 is 1.34 bits per heavy atom. The van der Waals surface area contributed by atoms with Gasteiger partial charge >= 0.3 is 6.09 Å². The van der Waals surface area contributed by atoms with Gasteiger partial charge in [0.05, 0.1) is 36.7 Å². The Kier molecular flexibility index (Phi) is 5.35. The van der Waals surface area contributed by atoms with Gasteiger partial charge in [0.2, 0.25) is 5.91 Å². The van der Waals surface area contributed by atoms with E-state index in [-0.39, 0.29) is 30.4 Å². The predicted molar refractivity (Wildman–Crippen MR) is 106 cm³/mol. The number of carbonyl (C=O) groups is 2. The van der Waals surface area contributed by atoms with Crippen LogP contribution in [0.25, 0.3) is 0 Å². The van der Waals surface area contributed by atoms with Gasteiger partial charge in [-0.2, -0.15) is 0 Å². The van der Waals surface area contributed by atoms with E-state index in [2.05, 4.69) is 17.3 Å². The van der Waals surface area contributed by atoms with Crippen molar-refractivity contribution in [1.29, 1.82) is 0 Å². The largest absolute Gasteiger partial charge is 0.442 e. The summed E-state index contributed by atoms with van der Waals surface area (Å²) in [5, 5.41) is 2.63. The maximum Gasteiger partial charge on any atom is 0.414 e. The number of rotatable bonds is 4. The molecule has 3 aliphatic heterocycles. The van der Waals surface area contributed by atoms with Crippen LogP contribution in [0.1, 0.15) is 13.3 Å². The van der Waals surface area contributed by atoms with Gasteiger partial charge in [0.1, 0.15) is 11.9 Å². The van der Waals surface area contributed by atoms with E-state index >= 15 is 0 Å². The number of likely N-dealkylation sites (tertiary alicyclic amines) is 1. The monoisotopic (exact) mass is 406 g/mol. The first kappa shape index (κ1) is 19.9. The maximum atomic E-state index is 15.0. The van der Waals surface area contributed by atoms with E-state index in [4.69, 9.17) is 9.47 Å². The molecule has 3 fully saturated rings. The number of amides is 2. The summed E-state index contributed by atoms with van der Waals surface area (Å²) in [6, 6.07) is 4.83. The molecule has 1 unspecified atom stereocenters. The second-order valence-electron chi connectivity index (χ2n) is 8.13. The quantitative estimate of drug-likeness (QED) is 0.810. The molecule has 0 aromatic heterocycles. The van der Waals surface area contributed by atoms with Gasteiger partial charge in [0, 0.05) is 33.1 Å². The Morgan fingerprint density at radius 3 is 2.86 bits per heavy atom. The highest BCUT2D eigenvalue weighted by Crippen LogP contribution is 2.33. The molecule has 2 amide bonds. The Hall–Kier alpha value is -2.39. The zero-order valence-corrected chi connectivity index (χ0v) is 16.8. The molecule has 8 nitrogen and oxygen atoms in total. The average molecular weight is 406 g/mol. The normalized spacial score (nSPS) is 27.6. The number of halogens is 1. The number of hydrogen-bond acceptors (Lipinski definition) is 6. The summed E-state index contributed by atoms with van der Waals surface area (Å²) in [4.78, 5) is 28.9. The van der Waals surface area contributed by atoms with Crippen molar-refractivity contribution in [3.05, 3.63) is 24.0 Å². The number of hydrogen-bond donors (Lipinski definition) is 1. The third kappa shape index (κ3) is 4.16. The van der Waals surface area contributed by atoms with Crippen molar-refractivity contribution < 1.29 is 23.5 Å². The van der Waals surface area contributed by atoms with Crippen molar-refractivity contribution in [2.24, 2.45) is 0 Å². The number of nitrogens with one attached hydrogen (secondary N) is 1. The number of likely N-dealkylation sites (N-methyl/N-ethyl adjacent to an activating group) is 1. The van der Waals surface area contributed by atoms with Gasteiger partial charge < -0.3 is 24.6 Å². The Bertz CT molecular complexity index is 803. The molecule has 0 aliphatic carbocycles. The van der Waals surface area contributed by atoms with Crippen molar-refractivity contribution in [2.75, 3.05) is 62.7 Å². The summed E-state index contributed by atoms with van der Waals surface area (Å²) < 4.78 is 26.3. The molecule has 9 heteroatoms. The fraction of sp³-hybridized carbons (Fsp3) is 0.600. The lowest BCUT2D eigenvalue weighted by atomic mass is 10.00. The SMILES string of the molecule is CC(=O)NC[C@H]1CN(c2ccc(N3CCOC4(CCN(C)C4)C3)c(F)c2)C(=O)O1. The van der Waals surface area contributed by atoms with Gasteiger partial charge in [-0.15, -0.1) is 0 Å². The predicted octanol–water partition coefficient (Wildman–Crippen LogP) is 1.20. The molecule has 3 aliphatic rings. The van der Waals surface area contributed by atoms with Gasteiger partial charge in [0.15, 0.2) is 0 Å². The molecule has 3 heterocycles. The van der Waals surface area contributed by atoms with Crippen molar-refractivity contribution in [3.63, 3.8) is 0 Å². The zero-order chi connectivity index (χ0) is 20.6. The van der Waals surface area contributed by atoms with Gasteiger partial charge in [-0.25, -0.2) is 9.18 Å². The number of anilines is 2. The molecule has 1 spiro atoms. The molecular weight excluding hydrogens is 379 g/mol. The zero-order valence-electron chi connectivity index (χ0n) is 16.8. The van der Waals surface area contributed by atoms with E-state index < -0.39 is 12.2 Å². The molecule has 0 bridgehead atoms. The van der Waals surface area contributed by atoms with Crippen LogP contribution in [0.3, 0.4) is 0 Å². The first-order valence-corrected chi connectivity index (χ1v) is 9.95. The lowest BCUT2D eigenvalue weighted by Gasteiger charge is -2.41. The second-order valence-corrected chi connectivity index (χ2v) is 8.13. The van der Waals surface area contributed by atoms with Crippen molar-refractivity contribution in [1.82, 2.24) is 10.2 Å². The van der Waals surface area contributed by atoms with Crippen LogP contribution < -0.4 is 15.1 Å². The van der Waals surface area contributed by atoms with Crippen LogP contribution in [-0.2, 0) is 14.3 Å². The minimum Gasteiger partial charge on any atom is -0.442 e. The fourth-order valence-electron chi connectivity index (χ4n) is 4.36. The lowest BCUT2D eigenvalue weighted by molar-refractivity contribution is -0.119. The Balaban J connectivity index is 1.45. The first-order chi connectivity index (χ1) is 13.8. The number of carbonyl (C=O) groups excluding carboxylic acids is 2. The summed E-state index contributed by atoms with van der Waals surface area (Å²) in [7, 11) is 2.07. The minimum atomic E-state index is -0.535. The number of ether oxygens (including phenoxy) is 2. The molecule has 29 heavy (non-hydrogen) atoms. The minimum absolute atomic E-state index is 0.188. The standard InChI is InChI=1S/C20H27FN4O4/c1-14(26)22-10-16-11-25(19(27)29-16)15-3-4-18(17(21)9-15)24-7-8-28-20(13-24)5-6-23(2)12-20/h3-4,9,16H,5-8,10-13H2,1-2H3,(H,22,26)/t16-,20?/m0/s1. The highest BCUT2D eigenvalue weighted by atomic mass is 19.1. The maximum absolute atomic E-state index is 15.0. The van der Waals surface area contributed by atoms with Crippen LogP contribution in [0.5, 0.6) is 0 Å². The second kappa shape index (κ2) is 7.79. The summed E-state index contributed by atoms with van der Waals surface area (Å²) >= 11 is 0. The van der Waals surface area contributed by atoms with E-state index in [0.29, 0.717) is 31.1 Å². The lowest BCUT2D eigenvalue weighted by Crippen LogP contribution is -2.53. The molecule has 4 rings (SSSR count). The van der Waals surface area contributed by atoms with Crippen LogP contribution in [-0.4, -0.2) is 81.5 Å². The summed E-state index contributed by atoms with van der Waals surface area (Å²) in [6.45, 7) is 5.59. The first-order valence-electron chi connectivity index (χ1n) is 9.95. The molecule has 1 N–H and O–H groups in total. The Labute approximate surface area is 169 Å². The van der Waals surface area contributed by atoms with Crippen LogP contribution >= 0.6 is 0 Å². The van der Waals surface area contributed by atoms with Gasteiger partial charge in [-0.05, 0) is 31.7 Å². The number of benzene rings is 1. The van der Waals surface area contributed by atoms with Gasteiger partial charge in [-0.3, -0.25) is 9.69 Å². The Morgan fingerprint density at radius 2 is 2.17 bits per heavy atom. The van der Waals surface area contributed by atoms with Crippen LogP contribution in [0.15, 0.2) is 18.2 Å². The summed E-state index contributed by atoms with van der Waals surface area (Å²) in [5.41, 5.74) is 0.729. The smallest absolute Gasteiger partial charge is 0.414 e. The van der Waals surface area contributed by atoms with Crippen molar-refractivity contribution in [2.45, 2.75) is 25.0 Å². The van der Waals surface area contributed by atoms with E-state index in [1.807, 2.05) is 4.90 Å². The third-order valence-corrected chi connectivity index (χ3v) is 5.79. The van der Waals surface area contributed by atoms with Gasteiger partial charge in [-0.1, -0.05) is 0 Å². The summed E-state index contributed by atoms with van der Waals surface area (Å²) in [6.07, 6.45) is -0.0472. The van der Waals surface area contributed by atoms with Gasteiger partial charge in [0.25, 0.3) is 0 Å². The highest BCUT2D eigenvalue weighted by Gasteiger charge is 2.42.